The fraction of sp³-hybridized carbons (Fsp3) is 0.667. The van der Waals surface area contributed by atoms with E-state index in [0.717, 1.165) is 18.8 Å². The second-order valence-corrected chi connectivity index (χ2v) is 7.01. The highest BCUT2D eigenvalue weighted by atomic mass is 16.5. The van der Waals surface area contributed by atoms with Crippen LogP contribution in [0, 0.1) is 6.92 Å². The number of ether oxygens (including phenoxy) is 1. The predicted molar refractivity (Wildman–Crippen MR) is 85.6 cm³/mol. The second kappa shape index (κ2) is 6.62. The molecule has 0 saturated carbocycles. The lowest BCUT2D eigenvalue weighted by molar-refractivity contribution is 0.267. The third kappa shape index (κ3) is 4.24. The molecule has 1 aromatic rings. The maximum atomic E-state index is 5.97. The monoisotopic (exact) mass is 275 g/mol. The first-order chi connectivity index (χ1) is 9.47. The molecule has 1 aliphatic heterocycles. The van der Waals surface area contributed by atoms with Gasteiger partial charge in [-0.05, 0) is 55.3 Å². The Labute approximate surface area is 123 Å². The number of benzene rings is 1. The summed E-state index contributed by atoms with van der Waals surface area (Å²) in [7, 11) is 0. The molecule has 1 atom stereocenters. The van der Waals surface area contributed by atoms with Crippen LogP contribution in [0.25, 0.3) is 0 Å². The van der Waals surface area contributed by atoms with Gasteiger partial charge in [0.1, 0.15) is 5.75 Å². The van der Waals surface area contributed by atoms with Crippen LogP contribution in [0.4, 0.5) is 0 Å². The SMILES string of the molecule is Cc1cc(C(C)(C)C)ccc1OCCC1CCCCN1. The highest BCUT2D eigenvalue weighted by Gasteiger charge is 2.15. The Hall–Kier alpha value is -1.02. The molecule has 0 radical (unpaired) electrons. The molecule has 1 fully saturated rings. The molecule has 0 bridgehead atoms. The van der Waals surface area contributed by atoms with Gasteiger partial charge in [0, 0.05) is 6.04 Å². The van der Waals surface area contributed by atoms with Crippen LogP contribution in [-0.4, -0.2) is 19.2 Å². The van der Waals surface area contributed by atoms with Crippen LogP contribution in [0.3, 0.4) is 0 Å². The number of hydrogen-bond donors (Lipinski definition) is 1. The Kier molecular flexibility index (Phi) is 5.09. The van der Waals surface area contributed by atoms with Gasteiger partial charge in [0.15, 0.2) is 0 Å². The van der Waals surface area contributed by atoms with E-state index in [1.54, 1.807) is 0 Å². The molecule has 2 heteroatoms. The van der Waals surface area contributed by atoms with Crippen molar-refractivity contribution >= 4 is 0 Å². The molecule has 1 unspecified atom stereocenters. The molecular formula is C18H29NO. The van der Waals surface area contributed by atoms with Gasteiger partial charge in [0.05, 0.1) is 6.61 Å². The highest BCUT2D eigenvalue weighted by molar-refractivity contribution is 5.38. The number of rotatable bonds is 4. The zero-order chi connectivity index (χ0) is 14.6. The molecule has 0 amide bonds. The van der Waals surface area contributed by atoms with Crippen LogP contribution < -0.4 is 10.1 Å². The average molecular weight is 275 g/mol. The van der Waals surface area contributed by atoms with E-state index in [1.807, 2.05) is 0 Å². The van der Waals surface area contributed by atoms with Crippen molar-refractivity contribution < 1.29 is 4.74 Å². The van der Waals surface area contributed by atoms with Gasteiger partial charge in [-0.25, -0.2) is 0 Å². The largest absolute Gasteiger partial charge is 0.493 e. The van der Waals surface area contributed by atoms with Gasteiger partial charge in [-0.1, -0.05) is 39.3 Å². The first-order valence-corrected chi connectivity index (χ1v) is 7.94. The van der Waals surface area contributed by atoms with Gasteiger partial charge < -0.3 is 10.1 Å². The summed E-state index contributed by atoms with van der Waals surface area (Å²) in [4.78, 5) is 0. The Morgan fingerprint density at radius 2 is 2.05 bits per heavy atom. The lowest BCUT2D eigenvalue weighted by Gasteiger charge is -2.24. The average Bonchev–Trinajstić information content (AvgIpc) is 2.40. The van der Waals surface area contributed by atoms with Crippen molar-refractivity contribution in [2.45, 2.75) is 64.8 Å². The van der Waals surface area contributed by atoms with Crippen LogP contribution >= 0.6 is 0 Å². The van der Waals surface area contributed by atoms with Crippen LogP contribution in [0.2, 0.25) is 0 Å². The quantitative estimate of drug-likeness (QED) is 0.889. The van der Waals surface area contributed by atoms with E-state index in [1.165, 1.54) is 36.9 Å². The molecule has 0 aromatic heterocycles. The van der Waals surface area contributed by atoms with Crippen molar-refractivity contribution in [2.24, 2.45) is 0 Å². The van der Waals surface area contributed by atoms with E-state index in [0.29, 0.717) is 6.04 Å². The molecule has 1 saturated heterocycles. The predicted octanol–water partition coefficient (Wildman–Crippen LogP) is 4.20. The topological polar surface area (TPSA) is 21.3 Å². The molecule has 1 aromatic carbocycles. The van der Waals surface area contributed by atoms with E-state index in [9.17, 15) is 0 Å². The summed E-state index contributed by atoms with van der Waals surface area (Å²) in [5.74, 6) is 1.04. The Morgan fingerprint density at radius 1 is 1.25 bits per heavy atom. The van der Waals surface area contributed by atoms with E-state index in [4.69, 9.17) is 4.74 Å². The molecule has 1 heterocycles. The first-order valence-electron chi connectivity index (χ1n) is 7.94. The molecule has 0 aliphatic carbocycles. The zero-order valence-electron chi connectivity index (χ0n) is 13.5. The van der Waals surface area contributed by atoms with Crippen LogP contribution in [0.5, 0.6) is 5.75 Å². The van der Waals surface area contributed by atoms with Crippen molar-refractivity contribution in [1.82, 2.24) is 5.32 Å². The zero-order valence-corrected chi connectivity index (χ0v) is 13.5. The molecule has 112 valence electrons. The third-order valence-corrected chi connectivity index (χ3v) is 4.18. The van der Waals surface area contributed by atoms with E-state index >= 15 is 0 Å². The summed E-state index contributed by atoms with van der Waals surface area (Å²) in [5.41, 5.74) is 2.82. The first kappa shape index (κ1) is 15.4. The Balaban J connectivity index is 1.86. The number of hydrogen-bond acceptors (Lipinski definition) is 2. The fourth-order valence-corrected chi connectivity index (χ4v) is 2.76. The summed E-state index contributed by atoms with van der Waals surface area (Å²) < 4.78 is 5.97. The van der Waals surface area contributed by atoms with Crippen molar-refractivity contribution in [3.05, 3.63) is 29.3 Å². The van der Waals surface area contributed by atoms with E-state index in [2.05, 4.69) is 51.2 Å². The molecule has 1 aliphatic rings. The summed E-state index contributed by atoms with van der Waals surface area (Å²) in [6.45, 7) is 10.9. The Morgan fingerprint density at radius 3 is 2.65 bits per heavy atom. The van der Waals surface area contributed by atoms with Crippen molar-refractivity contribution in [2.75, 3.05) is 13.2 Å². The molecule has 20 heavy (non-hydrogen) atoms. The minimum Gasteiger partial charge on any atom is -0.493 e. The van der Waals surface area contributed by atoms with Gasteiger partial charge in [-0.15, -0.1) is 0 Å². The summed E-state index contributed by atoms with van der Waals surface area (Å²) >= 11 is 0. The van der Waals surface area contributed by atoms with E-state index in [-0.39, 0.29) is 5.41 Å². The van der Waals surface area contributed by atoms with Gasteiger partial charge in [0.2, 0.25) is 0 Å². The van der Waals surface area contributed by atoms with Gasteiger partial charge in [0.25, 0.3) is 0 Å². The van der Waals surface area contributed by atoms with Crippen molar-refractivity contribution in [1.29, 1.82) is 0 Å². The van der Waals surface area contributed by atoms with Crippen LogP contribution in [0.1, 0.15) is 57.6 Å². The van der Waals surface area contributed by atoms with E-state index < -0.39 is 0 Å². The molecule has 2 nitrogen and oxygen atoms in total. The van der Waals surface area contributed by atoms with Gasteiger partial charge in [-0.3, -0.25) is 0 Å². The summed E-state index contributed by atoms with van der Waals surface area (Å²) in [5, 5.41) is 3.57. The second-order valence-electron chi connectivity index (χ2n) is 7.01. The van der Waals surface area contributed by atoms with Crippen LogP contribution in [0.15, 0.2) is 18.2 Å². The van der Waals surface area contributed by atoms with Crippen molar-refractivity contribution in [3.8, 4) is 5.75 Å². The maximum Gasteiger partial charge on any atom is 0.122 e. The third-order valence-electron chi connectivity index (χ3n) is 4.18. The molecule has 2 rings (SSSR count). The molecular weight excluding hydrogens is 246 g/mol. The number of aryl methyl sites for hydroxylation is 1. The van der Waals surface area contributed by atoms with Crippen molar-refractivity contribution in [3.63, 3.8) is 0 Å². The van der Waals surface area contributed by atoms with Gasteiger partial charge >= 0.3 is 0 Å². The standard InChI is InChI=1S/C18H29NO/c1-14-13-15(18(2,3)4)8-9-17(14)20-12-10-16-7-5-6-11-19-16/h8-9,13,16,19H,5-7,10-12H2,1-4H3. The van der Waals surface area contributed by atoms with Crippen LogP contribution in [-0.2, 0) is 5.41 Å². The normalized spacial score (nSPS) is 19.9. The number of nitrogens with one attached hydrogen (secondary N) is 1. The fourth-order valence-electron chi connectivity index (χ4n) is 2.76. The lowest BCUT2D eigenvalue weighted by atomic mass is 9.86. The smallest absolute Gasteiger partial charge is 0.122 e. The number of piperidine rings is 1. The minimum atomic E-state index is 0.204. The Bertz CT molecular complexity index is 428. The molecule has 1 N–H and O–H groups in total. The summed E-state index contributed by atoms with van der Waals surface area (Å²) in [6, 6.07) is 7.23. The van der Waals surface area contributed by atoms with Gasteiger partial charge in [-0.2, -0.15) is 0 Å². The lowest BCUT2D eigenvalue weighted by Crippen LogP contribution is -2.35. The maximum absolute atomic E-state index is 5.97. The summed E-state index contributed by atoms with van der Waals surface area (Å²) in [6.07, 6.45) is 5.09. The highest BCUT2D eigenvalue weighted by Crippen LogP contribution is 2.27. The molecule has 0 spiro atoms. The minimum absolute atomic E-state index is 0.204.